The van der Waals surface area contributed by atoms with Crippen molar-refractivity contribution in [1.82, 2.24) is 10.2 Å². The number of halogens is 1. The topological polar surface area (TPSA) is 61.4 Å². The summed E-state index contributed by atoms with van der Waals surface area (Å²) in [6.45, 7) is 7.48. The third-order valence-corrected chi connectivity index (χ3v) is 4.93. The normalized spacial score (nSPS) is 19.5. The van der Waals surface area contributed by atoms with Gasteiger partial charge in [-0.2, -0.15) is 0 Å². The molecule has 2 aliphatic heterocycles. The summed E-state index contributed by atoms with van der Waals surface area (Å²) in [6, 6.07) is 5.43. The summed E-state index contributed by atoms with van der Waals surface area (Å²) in [5.41, 5.74) is 0.753. The smallest absolute Gasteiger partial charge is 0.256 e. The fourth-order valence-corrected chi connectivity index (χ4v) is 3.64. The number of fused-ring (bicyclic) bond motifs is 1. The molecule has 24 heavy (non-hydrogen) atoms. The van der Waals surface area contributed by atoms with E-state index in [4.69, 9.17) is 11.6 Å². The molecule has 0 aliphatic carbocycles. The quantitative estimate of drug-likeness (QED) is 0.818. The lowest BCUT2D eigenvalue weighted by atomic mass is 9.89. The number of carbonyl (C=O) groups excluding carboxylic acids is 2. The number of likely N-dealkylation sites (tertiary alicyclic amines) is 1. The van der Waals surface area contributed by atoms with Gasteiger partial charge in [0.25, 0.3) is 5.91 Å². The molecule has 1 spiro atoms. The van der Waals surface area contributed by atoms with Crippen molar-refractivity contribution in [3.8, 4) is 0 Å². The highest BCUT2D eigenvalue weighted by Crippen LogP contribution is 2.35. The SMILES string of the molecule is CC(C)(C)CC(=O)N1CCC2(CC1)NC(=O)c1c(Cl)cccc1N2. The molecule has 0 saturated carbocycles. The molecule has 1 aromatic carbocycles. The van der Waals surface area contributed by atoms with Crippen molar-refractivity contribution in [2.45, 2.75) is 45.7 Å². The number of anilines is 1. The van der Waals surface area contributed by atoms with Gasteiger partial charge in [-0.05, 0) is 17.5 Å². The summed E-state index contributed by atoms with van der Waals surface area (Å²) in [7, 11) is 0. The minimum atomic E-state index is -0.493. The molecule has 1 aromatic rings. The lowest BCUT2D eigenvalue weighted by molar-refractivity contribution is -0.134. The second-order valence-electron chi connectivity index (χ2n) is 7.94. The van der Waals surface area contributed by atoms with Crippen LogP contribution in [0.15, 0.2) is 18.2 Å². The second-order valence-corrected chi connectivity index (χ2v) is 8.35. The molecule has 6 heteroatoms. The van der Waals surface area contributed by atoms with Gasteiger partial charge in [0.2, 0.25) is 5.91 Å². The van der Waals surface area contributed by atoms with Gasteiger partial charge < -0.3 is 15.5 Å². The summed E-state index contributed by atoms with van der Waals surface area (Å²) in [4.78, 5) is 26.8. The Morgan fingerprint density at radius 3 is 2.54 bits per heavy atom. The number of hydrogen-bond donors (Lipinski definition) is 2. The molecule has 0 bridgehead atoms. The van der Waals surface area contributed by atoms with E-state index in [1.165, 1.54) is 0 Å². The molecule has 0 radical (unpaired) electrons. The number of carbonyl (C=O) groups is 2. The molecule has 0 aromatic heterocycles. The van der Waals surface area contributed by atoms with E-state index >= 15 is 0 Å². The van der Waals surface area contributed by atoms with E-state index in [9.17, 15) is 9.59 Å². The van der Waals surface area contributed by atoms with E-state index in [2.05, 4.69) is 31.4 Å². The monoisotopic (exact) mass is 349 g/mol. The van der Waals surface area contributed by atoms with Gasteiger partial charge in [0.1, 0.15) is 5.66 Å². The Morgan fingerprint density at radius 1 is 1.25 bits per heavy atom. The maximum Gasteiger partial charge on any atom is 0.256 e. The maximum atomic E-state index is 12.5. The standard InChI is InChI=1S/C18H24ClN3O2/c1-17(2,3)11-14(23)22-9-7-18(8-10-22)20-13-6-4-5-12(19)15(13)16(24)21-18/h4-6,20H,7-11H2,1-3H3,(H,21,24). The highest BCUT2D eigenvalue weighted by Gasteiger charge is 2.41. The van der Waals surface area contributed by atoms with E-state index in [0.29, 0.717) is 42.9 Å². The summed E-state index contributed by atoms with van der Waals surface area (Å²) in [6.07, 6.45) is 1.90. The van der Waals surface area contributed by atoms with Gasteiger partial charge in [-0.3, -0.25) is 9.59 Å². The third-order valence-electron chi connectivity index (χ3n) is 4.62. The van der Waals surface area contributed by atoms with Gasteiger partial charge in [-0.1, -0.05) is 38.4 Å². The number of nitrogens with zero attached hydrogens (tertiary/aromatic N) is 1. The minimum Gasteiger partial charge on any atom is -0.362 e. The molecular formula is C18H24ClN3O2. The van der Waals surface area contributed by atoms with Crippen LogP contribution in [0.3, 0.4) is 0 Å². The van der Waals surface area contributed by atoms with E-state index in [0.717, 1.165) is 5.69 Å². The Balaban J connectivity index is 1.71. The second kappa shape index (κ2) is 5.96. The van der Waals surface area contributed by atoms with Crippen LogP contribution in [0.2, 0.25) is 5.02 Å². The van der Waals surface area contributed by atoms with Gasteiger partial charge in [0.05, 0.1) is 16.3 Å². The van der Waals surface area contributed by atoms with Crippen LogP contribution in [0.1, 0.15) is 50.4 Å². The van der Waals surface area contributed by atoms with Crippen LogP contribution in [-0.4, -0.2) is 35.5 Å². The highest BCUT2D eigenvalue weighted by atomic mass is 35.5. The fraction of sp³-hybridized carbons (Fsp3) is 0.556. The molecule has 130 valence electrons. The van der Waals surface area contributed by atoms with Crippen LogP contribution in [-0.2, 0) is 4.79 Å². The molecule has 0 unspecified atom stereocenters. The largest absolute Gasteiger partial charge is 0.362 e. The molecule has 2 amide bonds. The number of piperidine rings is 1. The van der Waals surface area contributed by atoms with Crippen LogP contribution >= 0.6 is 11.6 Å². The molecule has 2 aliphatic rings. The Morgan fingerprint density at radius 2 is 1.92 bits per heavy atom. The molecule has 2 N–H and O–H groups in total. The van der Waals surface area contributed by atoms with Crippen molar-refractivity contribution >= 4 is 29.1 Å². The average molecular weight is 350 g/mol. The Kier molecular flexibility index (Phi) is 4.24. The first-order chi connectivity index (χ1) is 11.2. The maximum absolute atomic E-state index is 12.5. The van der Waals surface area contributed by atoms with Crippen molar-refractivity contribution < 1.29 is 9.59 Å². The molecule has 3 rings (SSSR count). The zero-order valence-corrected chi connectivity index (χ0v) is 15.2. The van der Waals surface area contributed by atoms with E-state index in [1.54, 1.807) is 6.07 Å². The van der Waals surface area contributed by atoms with Crippen LogP contribution in [0.4, 0.5) is 5.69 Å². The van der Waals surface area contributed by atoms with Crippen LogP contribution in [0.25, 0.3) is 0 Å². The number of rotatable bonds is 1. The van der Waals surface area contributed by atoms with Crippen LogP contribution in [0.5, 0.6) is 0 Å². The molecule has 5 nitrogen and oxygen atoms in total. The summed E-state index contributed by atoms with van der Waals surface area (Å²) < 4.78 is 0. The van der Waals surface area contributed by atoms with Gasteiger partial charge in [0, 0.05) is 32.4 Å². The predicted octanol–water partition coefficient (Wildman–Crippen LogP) is 3.25. The van der Waals surface area contributed by atoms with Gasteiger partial charge in [-0.15, -0.1) is 0 Å². The first-order valence-corrected chi connectivity index (χ1v) is 8.74. The summed E-state index contributed by atoms with van der Waals surface area (Å²) in [5.74, 6) is 0.0340. The van der Waals surface area contributed by atoms with Crippen molar-refractivity contribution in [3.63, 3.8) is 0 Å². The number of benzene rings is 1. The van der Waals surface area contributed by atoms with E-state index < -0.39 is 5.66 Å². The minimum absolute atomic E-state index is 0.0147. The number of hydrogen-bond acceptors (Lipinski definition) is 3. The molecule has 1 saturated heterocycles. The molecule has 0 atom stereocenters. The molecule has 1 fully saturated rings. The van der Waals surface area contributed by atoms with Crippen molar-refractivity contribution in [2.75, 3.05) is 18.4 Å². The highest BCUT2D eigenvalue weighted by molar-refractivity contribution is 6.34. The molecular weight excluding hydrogens is 326 g/mol. The summed E-state index contributed by atoms with van der Waals surface area (Å²) >= 11 is 6.14. The Bertz CT molecular complexity index is 673. The lowest BCUT2D eigenvalue weighted by Gasteiger charge is -2.46. The first kappa shape index (κ1) is 17.1. The average Bonchev–Trinajstić information content (AvgIpc) is 2.45. The third kappa shape index (κ3) is 3.36. The van der Waals surface area contributed by atoms with Gasteiger partial charge in [-0.25, -0.2) is 0 Å². The van der Waals surface area contributed by atoms with Crippen LogP contribution in [0, 0.1) is 5.41 Å². The zero-order valence-electron chi connectivity index (χ0n) is 14.4. The van der Waals surface area contributed by atoms with Crippen molar-refractivity contribution in [3.05, 3.63) is 28.8 Å². The molecule has 2 heterocycles. The van der Waals surface area contributed by atoms with E-state index in [1.807, 2.05) is 17.0 Å². The Labute approximate surface area is 147 Å². The first-order valence-electron chi connectivity index (χ1n) is 8.36. The van der Waals surface area contributed by atoms with E-state index in [-0.39, 0.29) is 17.2 Å². The zero-order chi connectivity index (χ0) is 17.5. The Hall–Kier alpha value is -1.75. The number of amides is 2. The van der Waals surface area contributed by atoms with Crippen molar-refractivity contribution in [2.24, 2.45) is 5.41 Å². The fourth-order valence-electron chi connectivity index (χ4n) is 3.38. The van der Waals surface area contributed by atoms with Gasteiger partial charge in [0.15, 0.2) is 0 Å². The summed E-state index contributed by atoms with van der Waals surface area (Å²) in [5, 5.41) is 6.95. The van der Waals surface area contributed by atoms with Gasteiger partial charge >= 0.3 is 0 Å². The predicted molar refractivity (Wildman–Crippen MR) is 95.2 cm³/mol. The van der Waals surface area contributed by atoms with Crippen LogP contribution < -0.4 is 10.6 Å². The lowest BCUT2D eigenvalue weighted by Crippen LogP contribution is -2.62. The number of nitrogens with one attached hydrogen (secondary N) is 2. The van der Waals surface area contributed by atoms with Crippen molar-refractivity contribution in [1.29, 1.82) is 0 Å².